The standard InChI is InChI=1S/C37H36N6O4/c44-36(33-11-6-20-46-33)42-18-4-9-31(42)34-38-27-16-14-24(21-29(27)40-34)12-13-25-15-17-28-30(22-25)41-35(39-28)32-10-5-19-43(32)37(45)47-23-26-7-2-1-3-8-26/h1-3,7-8,14-17,21-22,31-33H,4-6,9-11,18-20,23H2,(H,38,40)(H,39,41)/t31?,32-,33-/m0/s1. The SMILES string of the molecule is O=C([C@@H]1CCCO1)N1CCCC1c1nc2ccc(C#Cc3ccc4nc([C@@H]5CCCN5C(=O)OCc5ccccc5)[nH]c4c3)cc2[nH]1. The lowest BCUT2D eigenvalue weighted by molar-refractivity contribution is -0.142. The van der Waals surface area contributed by atoms with E-state index in [0.717, 1.165) is 95.5 Å². The van der Waals surface area contributed by atoms with Gasteiger partial charge >= 0.3 is 6.09 Å². The van der Waals surface area contributed by atoms with Crippen LogP contribution in [0.25, 0.3) is 22.1 Å². The maximum Gasteiger partial charge on any atom is 0.410 e. The van der Waals surface area contributed by atoms with Crippen LogP contribution in [0.3, 0.4) is 0 Å². The summed E-state index contributed by atoms with van der Waals surface area (Å²) in [6.45, 7) is 2.28. The van der Waals surface area contributed by atoms with Crippen molar-refractivity contribution in [1.29, 1.82) is 0 Å². The summed E-state index contributed by atoms with van der Waals surface area (Å²) >= 11 is 0. The number of H-pyrrole nitrogens is 2. The van der Waals surface area contributed by atoms with E-state index in [2.05, 4.69) is 21.8 Å². The molecule has 0 spiro atoms. The molecule has 2 N–H and O–H groups in total. The normalized spacial score (nSPS) is 21.0. The van der Waals surface area contributed by atoms with E-state index in [1.807, 2.05) is 71.6 Å². The van der Waals surface area contributed by atoms with Gasteiger partial charge in [-0.15, -0.1) is 0 Å². The van der Waals surface area contributed by atoms with Gasteiger partial charge in [-0.05, 0) is 80.5 Å². The largest absolute Gasteiger partial charge is 0.445 e. The number of hydrogen-bond acceptors (Lipinski definition) is 6. The highest BCUT2D eigenvalue weighted by Crippen LogP contribution is 2.34. The fourth-order valence-electron chi connectivity index (χ4n) is 7.02. The van der Waals surface area contributed by atoms with E-state index >= 15 is 0 Å². The number of hydrogen-bond donors (Lipinski definition) is 2. The third-order valence-electron chi connectivity index (χ3n) is 9.42. The minimum Gasteiger partial charge on any atom is -0.445 e. The molecule has 3 aliphatic heterocycles. The molecule has 5 heterocycles. The number of fused-ring (bicyclic) bond motifs is 2. The van der Waals surface area contributed by atoms with Crippen LogP contribution >= 0.6 is 0 Å². The number of likely N-dealkylation sites (tertiary alicyclic amines) is 2. The minimum absolute atomic E-state index is 0.0593. The van der Waals surface area contributed by atoms with E-state index in [0.29, 0.717) is 13.2 Å². The monoisotopic (exact) mass is 628 g/mol. The van der Waals surface area contributed by atoms with Crippen molar-refractivity contribution in [2.24, 2.45) is 0 Å². The number of rotatable bonds is 5. The van der Waals surface area contributed by atoms with Crippen LogP contribution in [0.15, 0.2) is 66.7 Å². The number of ether oxygens (including phenoxy) is 2. The van der Waals surface area contributed by atoms with Crippen LogP contribution in [0, 0.1) is 11.8 Å². The van der Waals surface area contributed by atoms with Crippen molar-refractivity contribution in [2.75, 3.05) is 19.7 Å². The van der Waals surface area contributed by atoms with Crippen LogP contribution < -0.4 is 0 Å². The maximum atomic E-state index is 13.1. The molecule has 238 valence electrons. The van der Waals surface area contributed by atoms with Crippen LogP contribution in [0.4, 0.5) is 4.79 Å². The van der Waals surface area contributed by atoms with Gasteiger partial charge in [0.25, 0.3) is 5.91 Å². The Hall–Kier alpha value is -5.14. The number of amides is 2. The highest BCUT2D eigenvalue weighted by Gasteiger charge is 2.37. The summed E-state index contributed by atoms with van der Waals surface area (Å²) in [5.41, 5.74) is 6.16. The molecule has 8 rings (SSSR count). The maximum absolute atomic E-state index is 13.1. The van der Waals surface area contributed by atoms with Gasteiger partial charge in [0.15, 0.2) is 0 Å². The van der Waals surface area contributed by atoms with Crippen molar-refractivity contribution < 1.29 is 19.1 Å². The molecule has 2 amide bonds. The Labute approximate surface area is 272 Å². The lowest BCUT2D eigenvalue weighted by atomic mass is 10.1. The second kappa shape index (κ2) is 12.6. The van der Waals surface area contributed by atoms with Gasteiger partial charge in [0.1, 0.15) is 24.4 Å². The number of benzene rings is 3. The second-order valence-electron chi connectivity index (χ2n) is 12.5. The van der Waals surface area contributed by atoms with Gasteiger partial charge in [-0.3, -0.25) is 9.69 Å². The van der Waals surface area contributed by atoms with Gasteiger partial charge in [0, 0.05) is 30.8 Å². The molecular weight excluding hydrogens is 592 g/mol. The number of nitrogens with one attached hydrogen (secondary N) is 2. The predicted molar refractivity (Wildman–Crippen MR) is 176 cm³/mol. The molecule has 2 aromatic heterocycles. The fraction of sp³-hybridized carbons (Fsp3) is 0.351. The molecule has 5 aromatic rings. The molecule has 3 aromatic carbocycles. The van der Waals surface area contributed by atoms with Crippen molar-refractivity contribution in [3.05, 3.63) is 95.1 Å². The van der Waals surface area contributed by atoms with Crippen molar-refractivity contribution in [2.45, 2.75) is 63.3 Å². The Bertz CT molecular complexity index is 2000. The van der Waals surface area contributed by atoms with E-state index in [-0.39, 0.29) is 36.8 Å². The van der Waals surface area contributed by atoms with E-state index in [9.17, 15) is 9.59 Å². The molecule has 10 heteroatoms. The average molecular weight is 629 g/mol. The molecule has 3 saturated heterocycles. The first kappa shape index (κ1) is 29.3. The van der Waals surface area contributed by atoms with E-state index < -0.39 is 0 Å². The number of aromatic amines is 2. The first-order valence-corrected chi connectivity index (χ1v) is 16.5. The second-order valence-corrected chi connectivity index (χ2v) is 12.5. The Kier molecular flexibility index (Phi) is 7.83. The van der Waals surface area contributed by atoms with Gasteiger partial charge in [0.05, 0.1) is 34.2 Å². The molecule has 0 saturated carbocycles. The minimum atomic E-state index is -0.322. The molecular formula is C37H36N6O4. The lowest BCUT2D eigenvalue weighted by Crippen LogP contribution is -2.38. The van der Waals surface area contributed by atoms with Crippen LogP contribution in [0.2, 0.25) is 0 Å². The van der Waals surface area contributed by atoms with Crippen molar-refractivity contribution in [1.82, 2.24) is 29.7 Å². The number of aromatic nitrogens is 4. The molecule has 47 heavy (non-hydrogen) atoms. The number of carbonyl (C=O) groups excluding carboxylic acids is 2. The molecule has 0 bridgehead atoms. The molecule has 3 fully saturated rings. The first-order valence-electron chi connectivity index (χ1n) is 16.5. The topological polar surface area (TPSA) is 116 Å². The van der Waals surface area contributed by atoms with Gasteiger partial charge in [-0.1, -0.05) is 42.2 Å². The third-order valence-corrected chi connectivity index (χ3v) is 9.42. The van der Waals surface area contributed by atoms with Gasteiger partial charge in [0.2, 0.25) is 0 Å². The summed E-state index contributed by atoms with van der Waals surface area (Å²) in [6.07, 6.45) is 4.66. The predicted octanol–water partition coefficient (Wildman–Crippen LogP) is 6.16. The zero-order chi connectivity index (χ0) is 31.7. The van der Waals surface area contributed by atoms with Crippen molar-refractivity contribution in [3.63, 3.8) is 0 Å². The summed E-state index contributed by atoms with van der Waals surface area (Å²) in [7, 11) is 0. The average Bonchev–Trinajstić information content (AvgIpc) is 3.94. The molecule has 3 aliphatic rings. The van der Waals surface area contributed by atoms with Crippen molar-refractivity contribution >= 4 is 34.1 Å². The summed E-state index contributed by atoms with van der Waals surface area (Å²) < 4.78 is 11.3. The molecule has 0 aliphatic carbocycles. The van der Waals surface area contributed by atoms with Gasteiger partial charge < -0.3 is 24.3 Å². The van der Waals surface area contributed by atoms with Gasteiger partial charge in [-0.25, -0.2) is 14.8 Å². The summed E-state index contributed by atoms with van der Waals surface area (Å²) in [4.78, 5) is 46.3. The number of nitrogens with zero attached hydrogens (tertiary/aromatic N) is 4. The van der Waals surface area contributed by atoms with E-state index in [1.54, 1.807) is 4.90 Å². The summed E-state index contributed by atoms with van der Waals surface area (Å²) in [6, 6.07) is 21.4. The van der Waals surface area contributed by atoms with Crippen LogP contribution in [0.1, 0.15) is 78.9 Å². The lowest BCUT2D eigenvalue weighted by Gasteiger charge is -2.25. The van der Waals surface area contributed by atoms with Crippen LogP contribution in [-0.4, -0.2) is 67.5 Å². The van der Waals surface area contributed by atoms with Crippen LogP contribution in [0.5, 0.6) is 0 Å². The first-order chi connectivity index (χ1) is 23.1. The number of imidazole rings is 2. The van der Waals surface area contributed by atoms with E-state index in [4.69, 9.17) is 19.4 Å². The zero-order valence-electron chi connectivity index (χ0n) is 26.1. The highest BCUT2D eigenvalue weighted by atomic mass is 16.6. The third kappa shape index (κ3) is 5.95. The molecule has 3 atom stereocenters. The van der Waals surface area contributed by atoms with E-state index in [1.165, 1.54) is 0 Å². The molecule has 0 radical (unpaired) electrons. The van der Waals surface area contributed by atoms with Gasteiger partial charge in [-0.2, -0.15) is 0 Å². The Morgan fingerprint density at radius 1 is 0.787 bits per heavy atom. The highest BCUT2D eigenvalue weighted by molar-refractivity contribution is 5.82. The quantitative estimate of drug-likeness (QED) is 0.226. The van der Waals surface area contributed by atoms with Crippen molar-refractivity contribution in [3.8, 4) is 11.8 Å². The smallest absolute Gasteiger partial charge is 0.410 e. The zero-order valence-corrected chi connectivity index (χ0v) is 26.1. The fourth-order valence-corrected chi connectivity index (χ4v) is 7.02. The molecule has 1 unspecified atom stereocenters. The Balaban J connectivity index is 0.963. The Morgan fingerprint density at radius 3 is 2.02 bits per heavy atom. The number of carbonyl (C=O) groups is 2. The summed E-state index contributed by atoms with van der Waals surface area (Å²) in [5.74, 6) is 8.24. The molecule has 10 nitrogen and oxygen atoms in total. The summed E-state index contributed by atoms with van der Waals surface area (Å²) in [5, 5.41) is 0. The van der Waals surface area contributed by atoms with Crippen LogP contribution in [-0.2, 0) is 20.9 Å². The Morgan fingerprint density at radius 2 is 1.40 bits per heavy atom.